The summed E-state index contributed by atoms with van der Waals surface area (Å²) in [6.45, 7) is 2.56. The second-order valence-corrected chi connectivity index (χ2v) is 4.14. The van der Waals surface area contributed by atoms with Crippen LogP contribution < -0.4 is 11.1 Å². The molecule has 2 rings (SSSR count). The summed E-state index contributed by atoms with van der Waals surface area (Å²) in [7, 11) is 1.88. The van der Waals surface area contributed by atoms with Crippen molar-refractivity contribution < 1.29 is 0 Å². The van der Waals surface area contributed by atoms with Gasteiger partial charge in [-0.3, -0.25) is 4.68 Å². The molecule has 0 saturated heterocycles. The fraction of sp³-hybridized carbons (Fsp3) is 0.231. The van der Waals surface area contributed by atoms with Gasteiger partial charge in [0.2, 0.25) is 0 Å². The maximum atomic E-state index is 5.82. The third-order valence-electron chi connectivity index (χ3n) is 2.66. The number of hydrogen-bond donors (Lipinski definition) is 2. The van der Waals surface area contributed by atoms with Crippen LogP contribution in [0.4, 0.5) is 5.69 Å². The lowest BCUT2D eigenvalue weighted by molar-refractivity contribution is 0.712. The van der Waals surface area contributed by atoms with Crippen molar-refractivity contribution in [2.75, 3.05) is 5.32 Å². The first kappa shape index (κ1) is 12.2. The number of rotatable bonds is 3. The quantitative estimate of drug-likeness (QED) is 0.636. The number of aliphatic imine (C=N–C) groups is 1. The van der Waals surface area contributed by atoms with Crippen molar-refractivity contribution in [1.29, 1.82) is 0 Å². The Kier molecular flexibility index (Phi) is 3.62. The maximum absolute atomic E-state index is 5.82. The van der Waals surface area contributed by atoms with Crippen LogP contribution in [0.3, 0.4) is 0 Å². The monoisotopic (exact) mass is 243 g/mol. The van der Waals surface area contributed by atoms with Gasteiger partial charge in [0.15, 0.2) is 5.96 Å². The van der Waals surface area contributed by atoms with Gasteiger partial charge in [-0.25, -0.2) is 4.99 Å². The molecule has 3 N–H and O–H groups in total. The van der Waals surface area contributed by atoms with E-state index in [1.807, 2.05) is 44.3 Å². The van der Waals surface area contributed by atoms with Crippen molar-refractivity contribution >= 4 is 11.6 Å². The molecule has 0 aliphatic heterocycles. The number of nitrogens with one attached hydrogen (secondary N) is 1. The van der Waals surface area contributed by atoms with Gasteiger partial charge in [0.25, 0.3) is 0 Å². The average molecular weight is 243 g/mol. The van der Waals surface area contributed by atoms with E-state index < -0.39 is 0 Å². The van der Waals surface area contributed by atoms with E-state index >= 15 is 0 Å². The Morgan fingerprint density at radius 1 is 1.33 bits per heavy atom. The topological polar surface area (TPSA) is 68.2 Å². The molecule has 2 aromatic rings. The van der Waals surface area contributed by atoms with Crippen LogP contribution in [0.2, 0.25) is 0 Å². The number of anilines is 1. The lowest BCUT2D eigenvalue weighted by Gasteiger charge is -2.06. The highest BCUT2D eigenvalue weighted by Crippen LogP contribution is 2.08. The highest BCUT2D eigenvalue weighted by Gasteiger charge is 1.98. The lowest BCUT2D eigenvalue weighted by Crippen LogP contribution is -2.22. The van der Waals surface area contributed by atoms with E-state index in [9.17, 15) is 0 Å². The Hall–Kier alpha value is -2.30. The number of nitrogens with two attached hydrogens (primary N) is 1. The molecule has 18 heavy (non-hydrogen) atoms. The summed E-state index contributed by atoms with van der Waals surface area (Å²) in [5, 5.41) is 7.12. The summed E-state index contributed by atoms with van der Waals surface area (Å²) >= 11 is 0. The Balaban J connectivity index is 1.97. The van der Waals surface area contributed by atoms with Crippen molar-refractivity contribution in [2.24, 2.45) is 17.8 Å². The smallest absolute Gasteiger partial charge is 0.193 e. The Morgan fingerprint density at radius 3 is 2.67 bits per heavy atom. The van der Waals surface area contributed by atoms with Crippen molar-refractivity contribution in [2.45, 2.75) is 13.5 Å². The lowest BCUT2D eigenvalue weighted by atomic mass is 10.2. The predicted molar refractivity (Wildman–Crippen MR) is 73.3 cm³/mol. The van der Waals surface area contributed by atoms with Gasteiger partial charge in [-0.1, -0.05) is 17.7 Å². The van der Waals surface area contributed by atoms with Crippen LogP contribution in [0.1, 0.15) is 11.3 Å². The Bertz CT molecular complexity index is 539. The second kappa shape index (κ2) is 5.35. The van der Waals surface area contributed by atoms with Crippen molar-refractivity contribution in [1.82, 2.24) is 9.78 Å². The van der Waals surface area contributed by atoms with Gasteiger partial charge in [0, 0.05) is 18.9 Å². The summed E-state index contributed by atoms with van der Waals surface area (Å²) in [5.74, 6) is 0.403. The van der Waals surface area contributed by atoms with Gasteiger partial charge in [-0.2, -0.15) is 5.10 Å². The molecule has 0 aliphatic rings. The molecule has 1 heterocycles. The van der Waals surface area contributed by atoms with Gasteiger partial charge < -0.3 is 11.1 Å². The van der Waals surface area contributed by atoms with E-state index in [1.54, 1.807) is 10.9 Å². The third kappa shape index (κ3) is 3.10. The normalized spacial score (nSPS) is 11.6. The van der Waals surface area contributed by atoms with E-state index in [-0.39, 0.29) is 0 Å². The van der Waals surface area contributed by atoms with Crippen LogP contribution >= 0.6 is 0 Å². The predicted octanol–water partition coefficient (Wildman–Crippen LogP) is 1.66. The van der Waals surface area contributed by atoms with Crippen LogP contribution in [0.15, 0.2) is 41.5 Å². The SMILES string of the molecule is Cc1ccc(NC(N)=NCc2ccnn2C)cc1. The maximum Gasteiger partial charge on any atom is 0.193 e. The van der Waals surface area contributed by atoms with Crippen molar-refractivity contribution in [3.63, 3.8) is 0 Å². The molecule has 94 valence electrons. The molecular formula is C13H17N5. The van der Waals surface area contributed by atoms with E-state index in [2.05, 4.69) is 15.4 Å². The zero-order chi connectivity index (χ0) is 13.0. The fourth-order valence-corrected chi connectivity index (χ4v) is 1.55. The summed E-state index contributed by atoms with van der Waals surface area (Å²) < 4.78 is 1.78. The van der Waals surface area contributed by atoms with Crippen LogP contribution in [0.25, 0.3) is 0 Å². The summed E-state index contributed by atoms with van der Waals surface area (Å²) in [5.41, 5.74) is 8.99. The molecule has 1 aromatic heterocycles. The standard InChI is InChI=1S/C13H17N5/c1-10-3-5-11(6-4-10)17-13(14)15-9-12-7-8-16-18(12)2/h3-8H,9H2,1-2H3,(H3,14,15,17). The van der Waals surface area contributed by atoms with E-state index in [1.165, 1.54) is 5.56 Å². The van der Waals surface area contributed by atoms with Gasteiger partial charge in [-0.15, -0.1) is 0 Å². The third-order valence-corrected chi connectivity index (χ3v) is 2.66. The minimum Gasteiger partial charge on any atom is -0.370 e. The Labute approximate surface area is 106 Å². The molecule has 5 nitrogen and oxygen atoms in total. The summed E-state index contributed by atoms with van der Waals surface area (Å²) in [6.07, 6.45) is 1.74. The molecule has 5 heteroatoms. The highest BCUT2D eigenvalue weighted by atomic mass is 15.3. The van der Waals surface area contributed by atoms with Crippen LogP contribution in [0.5, 0.6) is 0 Å². The van der Waals surface area contributed by atoms with E-state index in [0.717, 1.165) is 11.4 Å². The molecule has 0 amide bonds. The fourth-order valence-electron chi connectivity index (χ4n) is 1.55. The number of nitrogens with zero attached hydrogens (tertiary/aromatic N) is 3. The zero-order valence-corrected chi connectivity index (χ0v) is 10.6. The van der Waals surface area contributed by atoms with Crippen molar-refractivity contribution in [3.8, 4) is 0 Å². The van der Waals surface area contributed by atoms with Crippen LogP contribution in [-0.4, -0.2) is 15.7 Å². The highest BCUT2D eigenvalue weighted by molar-refractivity contribution is 5.92. The molecular weight excluding hydrogens is 226 g/mol. The molecule has 0 fully saturated rings. The number of hydrogen-bond acceptors (Lipinski definition) is 2. The molecule has 0 bridgehead atoms. The number of guanidine groups is 1. The summed E-state index contributed by atoms with van der Waals surface area (Å²) in [6, 6.07) is 9.92. The van der Waals surface area contributed by atoms with Gasteiger partial charge >= 0.3 is 0 Å². The van der Waals surface area contributed by atoms with Gasteiger partial charge in [0.05, 0.1) is 12.2 Å². The van der Waals surface area contributed by atoms with Crippen LogP contribution in [0, 0.1) is 6.92 Å². The molecule has 0 radical (unpaired) electrons. The van der Waals surface area contributed by atoms with Gasteiger partial charge in [-0.05, 0) is 25.1 Å². The first-order chi connectivity index (χ1) is 8.65. The number of aromatic nitrogens is 2. The largest absolute Gasteiger partial charge is 0.370 e. The molecule has 1 aromatic carbocycles. The average Bonchev–Trinajstić information content (AvgIpc) is 2.75. The second-order valence-electron chi connectivity index (χ2n) is 4.14. The minimum atomic E-state index is 0.403. The summed E-state index contributed by atoms with van der Waals surface area (Å²) in [4.78, 5) is 4.27. The number of aryl methyl sites for hydroxylation is 2. The molecule has 0 aliphatic carbocycles. The first-order valence-corrected chi connectivity index (χ1v) is 5.75. The van der Waals surface area contributed by atoms with Gasteiger partial charge in [0.1, 0.15) is 0 Å². The van der Waals surface area contributed by atoms with E-state index in [4.69, 9.17) is 5.73 Å². The molecule has 0 atom stereocenters. The van der Waals surface area contributed by atoms with Crippen LogP contribution in [-0.2, 0) is 13.6 Å². The minimum absolute atomic E-state index is 0.403. The molecule has 0 saturated carbocycles. The molecule has 0 unspecified atom stereocenters. The van der Waals surface area contributed by atoms with Crippen molar-refractivity contribution in [3.05, 3.63) is 47.8 Å². The molecule has 0 spiro atoms. The zero-order valence-electron chi connectivity index (χ0n) is 10.6. The first-order valence-electron chi connectivity index (χ1n) is 5.75. The van der Waals surface area contributed by atoms with E-state index in [0.29, 0.717) is 12.5 Å². The Morgan fingerprint density at radius 2 is 2.06 bits per heavy atom. The number of benzene rings is 1.